The Labute approximate surface area is 160 Å². The van der Waals surface area contributed by atoms with Crippen LogP contribution < -0.4 is 10.1 Å². The molecule has 0 spiro atoms. The average Bonchev–Trinajstić information content (AvgIpc) is 2.82. The number of halogens is 1. The van der Waals surface area contributed by atoms with Gasteiger partial charge in [-0.3, -0.25) is 9.59 Å². The summed E-state index contributed by atoms with van der Waals surface area (Å²) in [7, 11) is 0. The molecule has 9 heteroatoms. The van der Waals surface area contributed by atoms with Crippen LogP contribution in [0.1, 0.15) is 19.4 Å². The van der Waals surface area contributed by atoms with Crippen molar-refractivity contribution < 1.29 is 24.2 Å². The van der Waals surface area contributed by atoms with Gasteiger partial charge in [0.1, 0.15) is 23.2 Å². The molecular formula is C17H19ClN2O5S. The van der Waals surface area contributed by atoms with Crippen LogP contribution in [0.15, 0.2) is 18.2 Å². The fourth-order valence-electron chi connectivity index (χ4n) is 3.17. The van der Waals surface area contributed by atoms with Crippen LogP contribution in [0.4, 0.5) is 0 Å². The highest BCUT2D eigenvalue weighted by Gasteiger charge is 2.64. The lowest BCUT2D eigenvalue weighted by Gasteiger charge is -2.43. The van der Waals surface area contributed by atoms with Crippen molar-refractivity contribution in [3.05, 3.63) is 28.8 Å². The van der Waals surface area contributed by atoms with Gasteiger partial charge in [0, 0.05) is 9.77 Å². The zero-order valence-electron chi connectivity index (χ0n) is 14.5. The number of aliphatic carboxylic acids is 1. The van der Waals surface area contributed by atoms with Crippen LogP contribution in [0, 0.1) is 6.92 Å². The SMILES string of the molecule is Cc1ccc(OCC(=O)N[C@@H]2C(=O)N3[C@@H]2SC(C)(C)[C@@H]3C(=O)O)cc1Cl. The summed E-state index contributed by atoms with van der Waals surface area (Å²) in [6, 6.07) is 3.47. The normalized spacial score (nSPS) is 26.1. The number of nitrogens with zero attached hydrogens (tertiary/aromatic N) is 1. The van der Waals surface area contributed by atoms with Gasteiger partial charge in [-0.05, 0) is 38.5 Å². The fourth-order valence-corrected chi connectivity index (χ4v) is 4.97. The van der Waals surface area contributed by atoms with E-state index in [0.717, 1.165) is 5.56 Å². The molecule has 2 aliphatic heterocycles. The minimum atomic E-state index is -1.04. The van der Waals surface area contributed by atoms with E-state index in [0.29, 0.717) is 10.8 Å². The first kappa shape index (κ1) is 18.8. The monoisotopic (exact) mass is 398 g/mol. The maximum atomic E-state index is 12.3. The standard InChI is InChI=1S/C17H19ClN2O5S/c1-8-4-5-9(6-10(8)18)25-7-11(21)19-12-14(22)20-13(16(23)24)17(2,3)26-15(12)20/h4-6,12-13,15H,7H2,1-3H3,(H,19,21)(H,23,24)/t12-,13+,15-/m1/s1. The summed E-state index contributed by atoms with van der Waals surface area (Å²) in [5.74, 6) is -1.41. The molecule has 0 aromatic heterocycles. The summed E-state index contributed by atoms with van der Waals surface area (Å²) in [6.45, 7) is 5.17. The van der Waals surface area contributed by atoms with Crippen LogP contribution in [-0.2, 0) is 14.4 Å². The molecule has 2 saturated heterocycles. The summed E-state index contributed by atoms with van der Waals surface area (Å²) >= 11 is 7.39. The van der Waals surface area contributed by atoms with E-state index in [1.165, 1.54) is 16.7 Å². The molecular weight excluding hydrogens is 380 g/mol. The third kappa shape index (κ3) is 3.23. The molecule has 0 aliphatic carbocycles. The molecule has 2 aliphatic rings. The van der Waals surface area contributed by atoms with Gasteiger partial charge in [-0.15, -0.1) is 11.8 Å². The Morgan fingerprint density at radius 3 is 2.73 bits per heavy atom. The van der Waals surface area contributed by atoms with E-state index in [1.54, 1.807) is 32.0 Å². The van der Waals surface area contributed by atoms with Crippen LogP contribution in [0.2, 0.25) is 5.02 Å². The number of carboxylic acids is 1. The number of aryl methyl sites for hydroxylation is 1. The van der Waals surface area contributed by atoms with E-state index in [-0.39, 0.29) is 17.9 Å². The zero-order chi connectivity index (χ0) is 19.2. The zero-order valence-corrected chi connectivity index (χ0v) is 16.1. The molecule has 0 radical (unpaired) electrons. The van der Waals surface area contributed by atoms with Crippen molar-refractivity contribution in [1.82, 2.24) is 10.2 Å². The molecule has 2 heterocycles. The van der Waals surface area contributed by atoms with Gasteiger partial charge >= 0.3 is 5.97 Å². The van der Waals surface area contributed by atoms with E-state index in [9.17, 15) is 19.5 Å². The second-order valence-electron chi connectivity index (χ2n) is 6.84. The number of carbonyl (C=O) groups excluding carboxylic acids is 2. The summed E-state index contributed by atoms with van der Waals surface area (Å²) in [5.41, 5.74) is 0.900. The molecule has 7 nitrogen and oxygen atoms in total. The first-order chi connectivity index (χ1) is 12.1. The Morgan fingerprint density at radius 1 is 1.42 bits per heavy atom. The number of hydrogen-bond donors (Lipinski definition) is 2. The van der Waals surface area contributed by atoms with Gasteiger partial charge in [0.2, 0.25) is 5.91 Å². The molecule has 140 valence electrons. The van der Waals surface area contributed by atoms with Gasteiger partial charge in [-0.2, -0.15) is 0 Å². The maximum Gasteiger partial charge on any atom is 0.327 e. The first-order valence-corrected chi connectivity index (χ1v) is 9.28. The minimum Gasteiger partial charge on any atom is -0.484 e. The molecule has 0 saturated carbocycles. The second kappa shape index (κ2) is 6.66. The third-order valence-electron chi connectivity index (χ3n) is 4.50. The van der Waals surface area contributed by atoms with E-state index < -0.39 is 28.7 Å². The molecule has 0 bridgehead atoms. The number of carbonyl (C=O) groups is 3. The Bertz CT molecular complexity index is 784. The van der Waals surface area contributed by atoms with Gasteiger partial charge in [0.05, 0.1) is 0 Å². The van der Waals surface area contributed by atoms with Gasteiger partial charge in [0.25, 0.3) is 5.91 Å². The van der Waals surface area contributed by atoms with Crippen LogP contribution >= 0.6 is 23.4 Å². The quantitative estimate of drug-likeness (QED) is 0.732. The van der Waals surface area contributed by atoms with Crippen LogP contribution in [0.3, 0.4) is 0 Å². The fraction of sp³-hybridized carbons (Fsp3) is 0.471. The number of carboxylic acid groups (broad SMARTS) is 1. The Hall–Kier alpha value is -1.93. The number of benzene rings is 1. The minimum absolute atomic E-state index is 0.258. The van der Waals surface area contributed by atoms with Crippen molar-refractivity contribution in [1.29, 1.82) is 0 Å². The molecule has 1 aromatic rings. The van der Waals surface area contributed by atoms with Crippen LogP contribution in [0.25, 0.3) is 0 Å². The lowest BCUT2D eigenvalue weighted by Crippen LogP contribution is -2.70. The van der Waals surface area contributed by atoms with E-state index in [4.69, 9.17) is 16.3 Å². The number of thioether (sulfide) groups is 1. The van der Waals surface area contributed by atoms with Gasteiger partial charge in [-0.25, -0.2) is 4.79 Å². The van der Waals surface area contributed by atoms with E-state index in [2.05, 4.69) is 5.32 Å². The Balaban J connectivity index is 1.58. The van der Waals surface area contributed by atoms with Crippen molar-refractivity contribution in [2.45, 2.75) is 43.0 Å². The third-order valence-corrected chi connectivity index (χ3v) is 6.48. The summed E-state index contributed by atoms with van der Waals surface area (Å²) in [4.78, 5) is 37.2. The summed E-state index contributed by atoms with van der Waals surface area (Å²) in [6.07, 6.45) is 0. The van der Waals surface area contributed by atoms with Crippen molar-refractivity contribution in [3.8, 4) is 5.75 Å². The lowest BCUT2D eigenvalue weighted by atomic mass is 9.96. The lowest BCUT2D eigenvalue weighted by molar-refractivity contribution is -0.161. The number of hydrogen-bond acceptors (Lipinski definition) is 5. The molecule has 3 atom stereocenters. The molecule has 26 heavy (non-hydrogen) atoms. The smallest absolute Gasteiger partial charge is 0.327 e. The van der Waals surface area contributed by atoms with Crippen molar-refractivity contribution in [2.75, 3.05) is 6.61 Å². The van der Waals surface area contributed by atoms with Gasteiger partial charge < -0.3 is 20.1 Å². The number of nitrogens with one attached hydrogen (secondary N) is 1. The van der Waals surface area contributed by atoms with E-state index >= 15 is 0 Å². The molecule has 2 amide bonds. The largest absolute Gasteiger partial charge is 0.484 e. The summed E-state index contributed by atoms with van der Waals surface area (Å²) < 4.78 is 4.77. The number of β-lactam (4-membered cyclic amide) rings is 1. The van der Waals surface area contributed by atoms with E-state index in [1.807, 2.05) is 6.92 Å². The Kier molecular flexibility index (Phi) is 4.83. The number of ether oxygens (including phenoxy) is 1. The highest BCUT2D eigenvalue weighted by Crippen LogP contribution is 2.50. The predicted molar refractivity (Wildman–Crippen MR) is 97.3 cm³/mol. The summed E-state index contributed by atoms with van der Waals surface area (Å²) in [5, 5.41) is 12.2. The van der Waals surface area contributed by atoms with Gasteiger partial charge in [0.15, 0.2) is 6.61 Å². The molecule has 1 aromatic carbocycles. The molecule has 2 fully saturated rings. The number of amides is 2. The highest BCUT2D eigenvalue weighted by molar-refractivity contribution is 8.01. The van der Waals surface area contributed by atoms with Crippen LogP contribution in [-0.4, -0.2) is 56.6 Å². The highest BCUT2D eigenvalue weighted by atomic mass is 35.5. The predicted octanol–water partition coefficient (Wildman–Crippen LogP) is 1.66. The number of fused-ring (bicyclic) bond motifs is 1. The van der Waals surface area contributed by atoms with Crippen LogP contribution in [0.5, 0.6) is 5.75 Å². The molecule has 3 rings (SSSR count). The van der Waals surface area contributed by atoms with Crippen molar-refractivity contribution in [2.24, 2.45) is 0 Å². The number of rotatable bonds is 5. The first-order valence-electron chi connectivity index (χ1n) is 8.03. The van der Waals surface area contributed by atoms with Crippen molar-refractivity contribution >= 4 is 41.1 Å². The topological polar surface area (TPSA) is 95.9 Å². The molecule has 2 N–H and O–H groups in total. The van der Waals surface area contributed by atoms with Crippen molar-refractivity contribution in [3.63, 3.8) is 0 Å². The average molecular weight is 399 g/mol. The Morgan fingerprint density at radius 2 is 2.12 bits per heavy atom. The second-order valence-corrected chi connectivity index (χ2v) is 9.02. The maximum absolute atomic E-state index is 12.3. The molecule has 0 unspecified atom stereocenters. The van der Waals surface area contributed by atoms with Gasteiger partial charge in [-0.1, -0.05) is 17.7 Å².